The number of hydrogen-bond acceptors (Lipinski definition) is 3. The molecular formula is C15H19ClN2O2. The molecule has 20 heavy (non-hydrogen) atoms. The monoisotopic (exact) mass is 294 g/mol. The Morgan fingerprint density at radius 1 is 1.30 bits per heavy atom. The van der Waals surface area contributed by atoms with Crippen LogP contribution in [0.5, 0.6) is 0 Å². The molecule has 0 radical (unpaired) electrons. The van der Waals surface area contributed by atoms with Crippen molar-refractivity contribution in [3.05, 3.63) is 36.1 Å². The quantitative estimate of drug-likeness (QED) is 0.926. The topological polar surface area (TPSA) is 45.5 Å². The Kier molecular flexibility index (Phi) is 4.68. The van der Waals surface area contributed by atoms with Crippen LogP contribution in [0.2, 0.25) is 0 Å². The number of nitrogens with zero attached hydrogens (tertiary/aromatic N) is 1. The second kappa shape index (κ2) is 6.29. The summed E-state index contributed by atoms with van der Waals surface area (Å²) in [4.78, 5) is 14.3. The fraction of sp³-hybridized carbons (Fsp3) is 0.400. The summed E-state index contributed by atoms with van der Waals surface area (Å²) < 4.78 is 5.63. The van der Waals surface area contributed by atoms with Gasteiger partial charge in [0.1, 0.15) is 5.58 Å². The van der Waals surface area contributed by atoms with Crippen molar-refractivity contribution in [3.8, 4) is 0 Å². The number of benzene rings is 1. The molecule has 108 valence electrons. The van der Waals surface area contributed by atoms with Gasteiger partial charge in [-0.3, -0.25) is 4.79 Å². The number of piperidine rings is 1. The van der Waals surface area contributed by atoms with Crippen molar-refractivity contribution in [3.63, 3.8) is 0 Å². The maximum absolute atomic E-state index is 12.4. The minimum Gasteiger partial charge on any atom is -0.451 e. The zero-order valence-corrected chi connectivity index (χ0v) is 12.3. The first-order chi connectivity index (χ1) is 9.28. The number of carbonyl (C=O) groups is 1. The van der Waals surface area contributed by atoms with E-state index in [0.29, 0.717) is 11.8 Å². The van der Waals surface area contributed by atoms with E-state index >= 15 is 0 Å². The van der Waals surface area contributed by atoms with E-state index in [1.165, 1.54) is 0 Å². The summed E-state index contributed by atoms with van der Waals surface area (Å²) in [6.07, 6.45) is 2.00. The van der Waals surface area contributed by atoms with E-state index in [0.717, 1.165) is 36.9 Å². The molecule has 1 aliphatic heterocycles. The Bertz CT molecular complexity index is 555. The number of rotatable bonds is 2. The molecule has 1 fully saturated rings. The molecule has 0 atom stereocenters. The second-order valence-corrected chi connectivity index (χ2v) is 5.00. The number of amides is 1. The van der Waals surface area contributed by atoms with Crippen LogP contribution in [-0.4, -0.2) is 37.0 Å². The van der Waals surface area contributed by atoms with Gasteiger partial charge in [-0.1, -0.05) is 18.2 Å². The Hall–Kier alpha value is -1.52. The maximum Gasteiger partial charge on any atom is 0.289 e. The lowest BCUT2D eigenvalue weighted by Gasteiger charge is -2.31. The number of furan rings is 1. The van der Waals surface area contributed by atoms with Gasteiger partial charge in [-0.05, 0) is 32.0 Å². The predicted octanol–water partition coefficient (Wildman–Crippen LogP) is 2.68. The van der Waals surface area contributed by atoms with E-state index < -0.39 is 0 Å². The van der Waals surface area contributed by atoms with Crippen molar-refractivity contribution >= 4 is 29.3 Å². The molecule has 0 spiro atoms. The molecule has 2 aromatic rings. The van der Waals surface area contributed by atoms with Crippen LogP contribution in [-0.2, 0) is 0 Å². The average molecular weight is 295 g/mol. The number of halogens is 1. The minimum absolute atomic E-state index is 0. The normalized spacial score (nSPS) is 16.1. The van der Waals surface area contributed by atoms with E-state index in [1.54, 1.807) is 0 Å². The molecule has 1 amide bonds. The summed E-state index contributed by atoms with van der Waals surface area (Å²) in [5.41, 5.74) is 0.774. The van der Waals surface area contributed by atoms with E-state index in [4.69, 9.17) is 4.42 Å². The van der Waals surface area contributed by atoms with Crippen molar-refractivity contribution in [1.82, 2.24) is 10.2 Å². The van der Waals surface area contributed by atoms with Gasteiger partial charge in [0.2, 0.25) is 0 Å². The van der Waals surface area contributed by atoms with Crippen LogP contribution in [0.3, 0.4) is 0 Å². The molecule has 0 unspecified atom stereocenters. The highest BCUT2D eigenvalue weighted by atomic mass is 35.5. The van der Waals surface area contributed by atoms with Crippen molar-refractivity contribution < 1.29 is 9.21 Å². The number of para-hydroxylation sites is 1. The van der Waals surface area contributed by atoms with E-state index in [9.17, 15) is 4.79 Å². The van der Waals surface area contributed by atoms with Gasteiger partial charge in [0.15, 0.2) is 5.76 Å². The largest absolute Gasteiger partial charge is 0.451 e. The standard InChI is InChI=1S/C15H18N2O2.ClH/c1-16-12-6-8-17(9-7-12)15(18)14-10-11-4-2-3-5-13(11)19-14;/h2-5,10,12,16H,6-9H2,1H3;1H. The zero-order valence-electron chi connectivity index (χ0n) is 11.5. The number of fused-ring (bicyclic) bond motifs is 1. The third-order valence-corrected chi connectivity index (χ3v) is 3.83. The highest BCUT2D eigenvalue weighted by Gasteiger charge is 2.24. The van der Waals surface area contributed by atoms with Crippen LogP contribution in [0, 0.1) is 0 Å². The molecule has 1 aromatic carbocycles. The summed E-state index contributed by atoms with van der Waals surface area (Å²) in [5.74, 6) is 0.454. The molecule has 0 aliphatic carbocycles. The van der Waals surface area contributed by atoms with Crippen molar-refractivity contribution in [1.29, 1.82) is 0 Å². The van der Waals surface area contributed by atoms with Crippen LogP contribution >= 0.6 is 12.4 Å². The lowest BCUT2D eigenvalue weighted by Crippen LogP contribution is -2.43. The Morgan fingerprint density at radius 3 is 2.65 bits per heavy atom. The summed E-state index contributed by atoms with van der Waals surface area (Å²) in [6.45, 7) is 1.59. The van der Waals surface area contributed by atoms with Gasteiger partial charge in [0.25, 0.3) is 5.91 Å². The minimum atomic E-state index is 0. The molecule has 1 N–H and O–H groups in total. The molecule has 3 rings (SSSR count). The summed E-state index contributed by atoms with van der Waals surface area (Å²) >= 11 is 0. The van der Waals surface area contributed by atoms with Gasteiger partial charge in [0, 0.05) is 24.5 Å². The van der Waals surface area contributed by atoms with Gasteiger partial charge >= 0.3 is 0 Å². The molecule has 4 nitrogen and oxygen atoms in total. The lowest BCUT2D eigenvalue weighted by molar-refractivity contribution is 0.0677. The maximum atomic E-state index is 12.4. The number of hydrogen-bond donors (Lipinski definition) is 1. The highest BCUT2D eigenvalue weighted by Crippen LogP contribution is 2.21. The molecule has 0 saturated carbocycles. The van der Waals surface area contributed by atoms with Crippen LogP contribution in [0.4, 0.5) is 0 Å². The van der Waals surface area contributed by atoms with E-state index in [2.05, 4.69) is 5.32 Å². The highest BCUT2D eigenvalue weighted by molar-refractivity contribution is 5.96. The first-order valence-electron chi connectivity index (χ1n) is 6.73. The number of likely N-dealkylation sites (tertiary alicyclic amines) is 1. The van der Waals surface area contributed by atoms with Crippen molar-refractivity contribution in [2.45, 2.75) is 18.9 Å². The molecule has 1 aliphatic rings. The van der Waals surface area contributed by atoms with Gasteiger partial charge in [-0.2, -0.15) is 0 Å². The number of carbonyl (C=O) groups excluding carboxylic acids is 1. The molecule has 2 heterocycles. The zero-order chi connectivity index (χ0) is 13.2. The Balaban J connectivity index is 0.00000147. The Labute approximate surface area is 124 Å². The second-order valence-electron chi connectivity index (χ2n) is 5.00. The first kappa shape index (κ1) is 14.9. The molecule has 0 bridgehead atoms. The van der Waals surface area contributed by atoms with E-state index in [1.807, 2.05) is 42.3 Å². The van der Waals surface area contributed by atoms with Crippen LogP contribution in [0.25, 0.3) is 11.0 Å². The molecular weight excluding hydrogens is 276 g/mol. The Morgan fingerprint density at radius 2 is 2.00 bits per heavy atom. The average Bonchev–Trinajstić information content (AvgIpc) is 2.90. The van der Waals surface area contributed by atoms with Gasteiger partial charge in [-0.15, -0.1) is 12.4 Å². The predicted molar refractivity (Wildman–Crippen MR) is 81.4 cm³/mol. The smallest absolute Gasteiger partial charge is 0.289 e. The third-order valence-electron chi connectivity index (χ3n) is 3.83. The molecule has 5 heteroatoms. The first-order valence-corrected chi connectivity index (χ1v) is 6.73. The van der Waals surface area contributed by atoms with Crippen LogP contribution < -0.4 is 5.32 Å². The fourth-order valence-corrected chi connectivity index (χ4v) is 2.61. The summed E-state index contributed by atoms with van der Waals surface area (Å²) in [6, 6.07) is 10.1. The van der Waals surface area contributed by atoms with Gasteiger partial charge in [-0.25, -0.2) is 0 Å². The van der Waals surface area contributed by atoms with E-state index in [-0.39, 0.29) is 18.3 Å². The summed E-state index contributed by atoms with van der Waals surface area (Å²) in [5, 5.41) is 4.25. The lowest BCUT2D eigenvalue weighted by atomic mass is 10.1. The van der Waals surface area contributed by atoms with Gasteiger partial charge in [0.05, 0.1) is 0 Å². The SMILES string of the molecule is CNC1CCN(C(=O)c2cc3ccccc3o2)CC1.Cl. The fourth-order valence-electron chi connectivity index (χ4n) is 2.61. The third kappa shape index (κ3) is 2.81. The van der Waals surface area contributed by atoms with Crippen LogP contribution in [0.1, 0.15) is 23.4 Å². The van der Waals surface area contributed by atoms with Crippen molar-refractivity contribution in [2.24, 2.45) is 0 Å². The van der Waals surface area contributed by atoms with Crippen molar-refractivity contribution in [2.75, 3.05) is 20.1 Å². The number of nitrogens with one attached hydrogen (secondary N) is 1. The van der Waals surface area contributed by atoms with Gasteiger partial charge < -0.3 is 14.6 Å². The summed E-state index contributed by atoms with van der Waals surface area (Å²) in [7, 11) is 1.97. The van der Waals surface area contributed by atoms with Crippen LogP contribution in [0.15, 0.2) is 34.7 Å². The molecule has 1 aromatic heterocycles. The molecule has 1 saturated heterocycles.